The minimum absolute atomic E-state index is 0.00270. The molecule has 0 fully saturated rings. The SMILES string of the molecule is CCCOc1cc(COc2cccc([C@@H](C)CC(=O)CC)c2)ccc1-c1cc(OC)ccc1F.CCCOc1cc(COc2cccc([C@H](C)CC(=O)CC)c2)ccc1-c1cc(OC)ccc1F.COC(=O)C[C@@H](C)c1cccc(OCc2ccc(-c3cc(OC)ccc3F)c(O)c2)c1.COC(=O)C[C@H](C)c1cccc(OCc2ccc(-c3cc(OC)ccc3F)c(O)c2)c1. The predicted octanol–water partition coefficient (Wildman–Crippen LogP) is 25.6. The summed E-state index contributed by atoms with van der Waals surface area (Å²) in [5.41, 5.74) is 10.9. The van der Waals surface area contributed by atoms with E-state index in [0.717, 1.165) is 68.8 Å². The lowest BCUT2D eigenvalue weighted by Crippen LogP contribution is -2.06. The van der Waals surface area contributed by atoms with Crippen molar-refractivity contribution in [3.8, 4) is 114 Å². The molecule has 130 heavy (non-hydrogen) atoms. The molecule has 0 aliphatic rings. The highest BCUT2D eigenvalue weighted by atomic mass is 19.1. The molecule has 0 saturated heterocycles. The lowest BCUT2D eigenvalue weighted by molar-refractivity contribution is -0.141. The van der Waals surface area contributed by atoms with Crippen LogP contribution in [0, 0.1) is 23.3 Å². The molecule has 2 N–H and O–H groups in total. The molecular weight excluding hydrogens is 1660 g/mol. The van der Waals surface area contributed by atoms with E-state index >= 15 is 0 Å². The molecule has 0 unspecified atom stereocenters. The van der Waals surface area contributed by atoms with Gasteiger partial charge < -0.3 is 67.1 Å². The highest BCUT2D eigenvalue weighted by molar-refractivity contribution is 5.80. The van der Waals surface area contributed by atoms with E-state index in [9.17, 15) is 47.0 Å². The third-order valence-electron chi connectivity index (χ3n) is 21.6. The Morgan fingerprint density at radius 2 is 0.546 bits per heavy atom. The summed E-state index contributed by atoms with van der Waals surface area (Å²) in [6, 6.07) is 70.2. The van der Waals surface area contributed by atoms with Crippen LogP contribution in [0.5, 0.6) is 69.0 Å². The fourth-order valence-electron chi connectivity index (χ4n) is 14.0. The zero-order chi connectivity index (χ0) is 93.8. The molecule has 0 bridgehead atoms. The number of rotatable bonds is 40. The van der Waals surface area contributed by atoms with Crippen molar-refractivity contribution >= 4 is 23.5 Å². The van der Waals surface area contributed by atoms with E-state index in [4.69, 9.17) is 56.8 Å². The van der Waals surface area contributed by atoms with E-state index in [1.54, 1.807) is 87.0 Å². The van der Waals surface area contributed by atoms with Crippen LogP contribution in [0.4, 0.5) is 17.6 Å². The average Bonchev–Trinajstić information content (AvgIpc) is 0.823. The van der Waals surface area contributed by atoms with Crippen LogP contribution in [0.15, 0.2) is 243 Å². The summed E-state index contributed by atoms with van der Waals surface area (Å²) in [6.07, 6.45) is 4.42. The summed E-state index contributed by atoms with van der Waals surface area (Å²) in [5.74, 6) is 4.78. The minimum atomic E-state index is -0.446. The van der Waals surface area contributed by atoms with Crippen molar-refractivity contribution in [3.05, 3.63) is 310 Å². The first-order chi connectivity index (χ1) is 62.7. The van der Waals surface area contributed by atoms with Crippen molar-refractivity contribution in [2.45, 2.75) is 157 Å². The third kappa shape index (κ3) is 29.7. The minimum Gasteiger partial charge on any atom is -0.507 e. The number of ether oxygens (including phenoxy) is 12. The van der Waals surface area contributed by atoms with Gasteiger partial charge in [0.15, 0.2) is 0 Å². The first-order valence-electron chi connectivity index (χ1n) is 43.3. The molecule has 684 valence electrons. The number of hydrogen-bond acceptors (Lipinski definition) is 18. The number of hydrogen-bond donors (Lipinski definition) is 2. The normalized spacial score (nSPS) is 11.6. The van der Waals surface area contributed by atoms with Crippen LogP contribution in [-0.2, 0) is 55.1 Å². The number of aromatic hydroxyl groups is 2. The number of ketones is 2. The van der Waals surface area contributed by atoms with Gasteiger partial charge in [0.2, 0.25) is 0 Å². The van der Waals surface area contributed by atoms with Crippen LogP contribution in [0.3, 0.4) is 0 Å². The highest BCUT2D eigenvalue weighted by Gasteiger charge is 2.22. The van der Waals surface area contributed by atoms with E-state index in [2.05, 4.69) is 13.8 Å². The molecule has 12 aromatic carbocycles. The highest BCUT2D eigenvalue weighted by Crippen LogP contribution is 2.41. The van der Waals surface area contributed by atoms with E-state index < -0.39 is 11.6 Å². The molecule has 22 heteroatoms. The Labute approximate surface area is 759 Å². The largest absolute Gasteiger partial charge is 0.507 e. The number of benzene rings is 12. The summed E-state index contributed by atoms with van der Waals surface area (Å²) in [6.45, 7) is 18.0. The number of methoxy groups -OCH3 is 6. The molecule has 0 saturated carbocycles. The van der Waals surface area contributed by atoms with Crippen LogP contribution < -0.4 is 47.4 Å². The van der Waals surface area contributed by atoms with Gasteiger partial charge in [0.25, 0.3) is 0 Å². The first kappa shape index (κ1) is 100. The summed E-state index contributed by atoms with van der Waals surface area (Å²) in [7, 11) is 8.87. The maximum Gasteiger partial charge on any atom is 0.306 e. The van der Waals surface area contributed by atoms with Gasteiger partial charge >= 0.3 is 11.9 Å². The number of halogens is 4. The Kier molecular flexibility index (Phi) is 39.0. The fourth-order valence-corrected chi connectivity index (χ4v) is 14.0. The maximum absolute atomic E-state index is 14.6. The molecule has 4 atom stereocenters. The van der Waals surface area contributed by atoms with Crippen LogP contribution in [0.1, 0.15) is 175 Å². The molecule has 12 aromatic rings. The van der Waals surface area contributed by atoms with E-state index in [1.165, 1.54) is 64.8 Å². The van der Waals surface area contributed by atoms with Crippen molar-refractivity contribution < 1.29 is 104 Å². The lowest BCUT2D eigenvalue weighted by atomic mass is 9.95. The summed E-state index contributed by atoms with van der Waals surface area (Å²) in [4.78, 5) is 46.6. The number of carbonyl (C=O) groups is 4. The molecular formula is C108H116F4O18. The molecule has 0 aliphatic heterocycles. The predicted molar refractivity (Wildman–Crippen MR) is 498 cm³/mol. The molecule has 12 rings (SSSR count). The molecule has 0 spiro atoms. The van der Waals surface area contributed by atoms with E-state index in [1.807, 2.05) is 175 Å². The lowest BCUT2D eigenvalue weighted by Gasteiger charge is -2.16. The summed E-state index contributed by atoms with van der Waals surface area (Å²) >= 11 is 0. The fraction of sp³-hybridized carbons (Fsp3) is 0.296. The number of phenolic OH excluding ortho intramolecular Hbond substituents is 2. The molecule has 0 heterocycles. The van der Waals surface area contributed by atoms with Gasteiger partial charge in [0, 0.05) is 70.2 Å². The summed E-state index contributed by atoms with van der Waals surface area (Å²) in [5, 5.41) is 20.9. The Balaban J connectivity index is 0.000000195. The maximum atomic E-state index is 14.6. The van der Waals surface area contributed by atoms with Crippen molar-refractivity contribution in [2.75, 3.05) is 55.9 Å². The second-order valence-corrected chi connectivity index (χ2v) is 31.2. The van der Waals surface area contributed by atoms with Crippen LogP contribution in [0.25, 0.3) is 44.5 Å². The Morgan fingerprint density at radius 1 is 0.285 bits per heavy atom. The van der Waals surface area contributed by atoms with E-state index in [0.29, 0.717) is 131 Å². The van der Waals surface area contributed by atoms with Gasteiger partial charge in [0.05, 0.1) is 68.7 Å². The monoisotopic (exact) mass is 1780 g/mol. The number of carbonyl (C=O) groups excluding carboxylic acids is 4. The third-order valence-corrected chi connectivity index (χ3v) is 21.6. The second kappa shape index (κ2) is 50.7. The zero-order valence-corrected chi connectivity index (χ0v) is 76.2. The Hall–Kier alpha value is -13.8. The van der Waals surface area contributed by atoms with E-state index in [-0.39, 0.29) is 107 Å². The van der Waals surface area contributed by atoms with Gasteiger partial charge in [-0.3, -0.25) is 19.2 Å². The number of phenols is 2. The van der Waals surface area contributed by atoms with Crippen LogP contribution >= 0.6 is 0 Å². The van der Waals surface area contributed by atoms with Crippen molar-refractivity contribution in [2.24, 2.45) is 0 Å². The first-order valence-corrected chi connectivity index (χ1v) is 43.3. The van der Waals surface area contributed by atoms with Crippen molar-refractivity contribution in [1.29, 1.82) is 0 Å². The molecule has 18 nitrogen and oxygen atoms in total. The van der Waals surface area contributed by atoms with Crippen molar-refractivity contribution in [3.63, 3.8) is 0 Å². The molecule has 0 aromatic heterocycles. The van der Waals surface area contributed by atoms with Crippen LogP contribution in [-0.4, -0.2) is 89.6 Å². The topological polar surface area (TPSA) is 219 Å². The Morgan fingerprint density at radius 3 is 0.800 bits per heavy atom. The number of esters is 2. The van der Waals surface area contributed by atoms with Crippen molar-refractivity contribution in [1.82, 2.24) is 0 Å². The molecule has 0 radical (unpaired) electrons. The van der Waals surface area contributed by atoms with Crippen LogP contribution in [0.2, 0.25) is 0 Å². The van der Waals surface area contributed by atoms with Gasteiger partial charge in [-0.25, -0.2) is 17.6 Å². The standard InChI is InChI=1S/2C29H33FO4.2C25H25FO5/c2*1-5-14-33-29-16-21(10-12-26(29)27-18-24(32-4)11-13-28(27)30)19-34-25-9-7-8-22(17-25)20(3)15-23(31)6-2;2*1-16(11-25(28)30-3)18-5-4-6-20(13-18)31-15-17-7-9-21(24(27)12-17)22-14-19(29-2)8-10-23(22)26/h2*7-13,16-18,20H,5-6,14-15,19H2,1-4H3;2*4-10,12-14,16,27H,11,15H2,1-3H3/t2*20-;2*16-/m1010/s1. The molecule has 0 aliphatic carbocycles. The van der Waals surface area contributed by atoms with Gasteiger partial charge in [-0.2, -0.15) is 0 Å². The van der Waals surface area contributed by atoms with Gasteiger partial charge in [-0.1, -0.05) is 152 Å². The number of Topliss-reactive ketones (excluding diaryl/α,β-unsaturated/α-hetero) is 2. The Bertz CT molecular complexity index is 5390. The summed E-state index contributed by atoms with van der Waals surface area (Å²) < 4.78 is 124. The quantitative estimate of drug-likeness (QED) is 0.0269. The second-order valence-electron chi connectivity index (χ2n) is 31.2. The zero-order valence-electron chi connectivity index (χ0n) is 76.2. The van der Waals surface area contributed by atoms with Gasteiger partial charge in [0.1, 0.15) is 130 Å². The van der Waals surface area contributed by atoms with Gasteiger partial charge in [-0.15, -0.1) is 0 Å². The molecule has 0 amide bonds. The average molecular weight is 1780 g/mol. The van der Waals surface area contributed by atoms with Gasteiger partial charge in [-0.05, 0) is 227 Å². The smallest absolute Gasteiger partial charge is 0.306 e.